The highest BCUT2D eigenvalue weighted by Gasteiger charge is 2.30. The second-order valence-electron chi connectivity index (χ2n) is 5.85. The van der Waals surface area contributed by atoms with E-state index in [9.17, 15) is 8.42 Å². The van der Waals surface area contributed by atoms with E-state index in [1.165, 1.54) is 4.31 Å². The highest BCUT2D eigenvalue weighted by Crippen LogP contribution is 2.18. The highest BCUT2D eigenvalue weighted by molar-refractivity contribution is 7.86. The van der Waals surface area contributed by atoms with Crippen LogP contribution in [0.2, 0.25) is 0 Å². The molecule has 0 unspecified atom stereocenters. The molecule has 1 N–H and O–H groups in total. The summed E-state index contributed by atoms with van der Waals surface area (Å²) in [4.78, 5) is 0. The van der Waals surface area contributed by atoms with Crippen molar-refractivity contribution in [1.82, 2.24) is 13.9 Å². The van der Waals surface area contributed by atoms with Gasteiger partial charge in [0.05, 0.1) is 6.10 Å². The van der Waals surface area contributed by atoms with Gasteiger partial charge in [0, 0.05) is 39.3 Å². The topological polar surface area (TPSA) is 61.9 Å². The first-order valence-corrected chi connectivity index (χ1v) is 9.34. The molecule has 7 heteroatoms. The van der Waals surface area contributed by atoms with Crippen LogP contribution in [0.5, 0.6) is 0 Å². The third-order valence-corrected chi connectivity index (χ3v) is 5.71. The zero-order valence-corrected chi connectivity index (χ0v) is 14.7. The molecule has 21 heavy (non-hydrogen) atoms. The van der Waals surface area contributed by atoms with Crippen LogP contribution in [-0.2, 0) is 14.9 Å². The molecule has 0 bridgehead atoms. The normalized spacial score (nSPS) is 18.8. The summed E-state index contributed by atoms with van der Waals surface area (Å²) in [6, 6.07) is 0.435. The Morgan fingerprint density at radius 2 is 1.95 bits per heavy atom. The van der Waals surface area contributed by atoms with E-state index in [1.54, 1.807) is 11.4 Å². The summed E-state index contributed by atoms with van der Waals surface area (Å²) in [5, 5.41) is 3.30. The van der Waals surface area contributed by atoms with Crippen molar-refractivity contribution in [2.24, 2.45) is 0 Å². The van der Waals surface area contributed by atoms with Crippen LogP contribution in [0.4, 0.5) is 0 Å². The van der Waals surface area contributed by atoms with Crippen molar-refractivity contribution in [3.05, 3.63) is 0 Å². The Bertz CT molecular complexity index is 379. The first kappa shape index (κ1) is 18.8. The molecule has 0 amide bonds. The molecule has 126 valence electrons. The number of hydrogen-bond donors (Lipinski definition) is 1. The maximum atomic E-state index is 12.5. The number of nitrogens with one attached hydrogen (secondary N) is 1. The molecule has 0 radical (unpaired) electrons. The largest absolute Gasteiger partial charge is 0.378 e. The fourth-order valence-corrected chi connectivity index (χ4v) is 3.90. The molecule has 0 aromatic heterocycles. The SMILES string of the molecule is CCOC1CCN(S(=O)(=O)N(C)CCCNC(C)C)CC1. The monoisotopic (exact) mass is 321 g/mol. The van der Waals surface area contributed by atoms with Crippen LogP contribution >= 0.6 is 0 Å². The predicted octanol–water partition coefficient (Wildman–Crippen LogP) is 1.05. The van der Waals surface area contributed by atoms with Crippen LogP contribution in [0.15, 0.2) is 0 Å². The molecule has 0 spiro atoms. The molecule has 1 saturated heterocycles. The highest BCUT2D eigenvalue weighted by atomic mass is 32.2. The van der Waals surface area contributed by atoms with Gasteiger partial charge in [0.25, 0.3) is 10.2 Å². The van der Waals surface area contributed by atoms with Crippen LogP contribution in [0.25, 0.3) is 0 Å². The van der Waals surface area contributed by atoms with Crippen LogP contribution < -0.4 is 5.32 Å². The molecule has 1 aliphatic rings. The molecule has 1 heterocycles. The second kappa shape index (κ2) is 9.05. The van der Waals surface area contributed by atoms with Crippen molar-refractivity contribution in [3.63, 3.8) is 0 Å². The average Bonchev–Trinajstić information content (AvgIpc) is 2.44. The van der Waals surface area contributed by atoms with E-state index < -0.39 is 10.2 Å². The first-order valence-electron chi connectivity index (χ1n) is 7.94. The van der Waals surface area contributed by atoms with Gasteiger partial charge in [0.2, 0.25) is 0 Å². The summed E-state index contributed by atoms with van der Waals surface area (Å²) in [7, 11) is -1.65. The Morgan fingerprint density at radius 1 is 1.33 bits per heavy atom. The molecular formula is C14H31N3O3S. The maximum absolute atomic E-state index is 12.5. The summed E-state index contributed by atoms with van der Waals surface area (Å²) in [5.74, 6) is 0. The summed E-state index contributed by atoms with van der Waals surface area (Å²) in [6.45, 7) is 9.34. The van der Waals surface area contributed by atoms with Gasteiger partial charge < -0.3 is 10.1 Å². The zero-order chi connectivity index (χ0) is 15.9. The van der Waals surface area contributed by atoms with Crippen LogP contribution in [-0.4, -0.2) is 69.0 Å². The zero-order valence-electron chi connectivity index (χ0n) is 13.8. The number of piperidine rings is 1. The number of rotatable bonds is 9. The Morgan fingerprint density at radius 3 is 2.48 bits per heavy atom. The van der Waals surface area contributed by atoms with E-state index in [-0.39, 0.29) is 6.10 Å². The van der Waals surface area contributed by atoms with Gasteiger partial charge in [-0.25, -0.2) is 0 Å². The Kier molecular flexibility index (Phi) is 8.12. The van der Waals surface area contributed by atoms with E-state index in [0.717, 1.165) is 25.8 Å². The van der Waals surface area contributed by atoms with E-state index in [2.05, 4.69) is 19.2 Å². The van der Waals surface area contributed by atoms with E-state index in [0.29, 0.717) is 32.3 Å². The minimum absolute atomic E-state index is 0.210. The lowest BCUT2D eigenvalue weighted by Gasteiger charge is -2.33. The van der Waals surface area contributed by atoms with Gasteiger partial charge in [-0.15, -0.1) is 0 Å². The molecule has 6 nitrogen and oxygen atoms in total. The summed E-state index contributed by atoms with van der Waals surface area (Å²) in [5.41, 5.74) is 0. The van der Waals surface area contributed by atoms with Crippen LogP contribution in [0.3, 0.4) is 0 Å². The van der Waals surface area contributed by atoms with Gasteiger partial charge in [0.15, 0.2) is 0 Å². The number of hydrogen-bond acceptors (Lipinski definition) is 4. The van der Waals surface area contributed by atoms with Crippen molar-refractivity contribution in [2.75, 3.05) is 39.8 Å². The van der Waals surface area contributed by atoms with E-state index >= 15 is 0 Å². The van der Waals surface area contributed by atoms with E-state index in [4.69, 9.17) is 4.74 Å². The molecule has 0 aliphatic carbocycles. The lowest BCUT2D eigenvalue weighted by molar-refractivity contribution is 0.0282. The fraction of sp³-hybridized carbons (Fsp3) is 1.00. The molecule has 1 aliphatic heterocycles. The molecular weight excluding hydrogens is 290 g/mol. The van der Waals surface area contributed by atoms with Gasteiger partial charge >= 0.3 is 0 Å². The van der Waals surface area contributed by atoms with Gasteiger partial charge in [-0.1, -0.05) is 13.8 Å². The first-order chi connectivity index (χ1) is 9.87. The standard InChI is InChI=1S/C14H31N3O3S/c1-5-20-14-7-11-17(12-8-14)21(18,19)16(4)10-6-9-15-13(2)3/h13-15H,5-12H2,1-4H3. The van der Waals surface area contributed by atoms with Crippen molar-refractivity contribution < 1.29 is 13.2 Å². The summed E-state index contributed by atoms with van der Waals surface area (Å²) >= 11 is 0. The minimum Gasteiger partial charge on any atom is -0.378 e. The third-order valence-electron chi connectivity index (χ3n) is 3.73. The summed E-state index contributed by atoms with van der Waals surface area (Å²) < 4.78 is 33.6. The lowest BCUT2D eigenvalue weighted by Crippen LogP contribution is -2.47. The molecule has 0 saturated carbocycles. The predicted molar refractivity (Wildman–Crippen MR) is 85.5 cm³/mol. The Balaban J connectivity index is 2.38. The van der Waals surface area contributed by atoms with Gasteiger partial charge in [-0.05, 0) is 32.7 Å². The lowest BCUT2D eigenvalue weighted by atomic mass is 10.1. The van der Waals surface area contributed by atoms with Crippen LogP contribution in [0.1, 0.15) is 40.0 Å². The summed E-state index contributed by atoms with van der Waals surface area (Å²) in [6.07, 6.45) is 2.61. The number of nitrogens with zero attached hydrogens (tertiary/aromatic N) is 2. The van der Waals surface area contributed by atoms with Gasteiger partial charge in [-0.3, -0.25) is 0 Å². The third kappa shape index (κ3) is 6.20. The second-order valence-corrected chi connectivity index (χ2v) is 7.88. The van der Waals surface area contributed by atoms with Crippen LogP contribution in [0, 0.1) is 0 Å². The molecule has 0 aromatic rings. The van der Waals surface area contributed by atoms with E-state index in [1.807, 2.05) is 6.92 Å². The molecule has 0 atom stereocenters. The van der Waals surface area contributed by atoms with Crippen molar-refractivity contribution in [1.29, 1.82) is 0 Å². The Labute approximate surface area is 130 Å². The van der Waals surface area contributed by atoms with Crippen molar-refractivity contribution in [3.8, 4) is 0 Å². The van der Waals surface area contributed by atoms with Crippen molar-refractivity contribution in [2.45, 2.75) is 52.2 Å². The fourth-order valence-electron chi connectivity index (χ4n) is 2.47. The average molecular weight is 321 g/mol. The minimum atomic E-state index is -3.32. The van der Waals surface area contributed by atoms with Gasteiger partial charge in [-0.2, -0.15) is 17.0 Å². The molecule has 1 fully saturated rings. The van der Waals surface area contributed by atoms with Gasteiger partial charge in [0.1, 0.15) is 0 Å². The Hall–Kier alpha value is -0.210. The molecule has 1 rings (SSSR count). The maximum Gasteiger partial charge on any atom is 0.281 e. The van der Waals surface area contributed by atoms with Crippen molar-refractivity contribution >= 4 is 10.2 Å². The number of ether oxygens (including phenoxy) is 1. The smallest absolute Gasteiger partial charge is 0.281 e. The molecule has 0 aromatic carbocycles. The quantitative estimate of drug-likeness (QED) is 0.645.